The number of aromatic hydroxyl groups is 1. The number of hydrogen-bond donors (Lipinski definition) is 4. The molecule has 45 heavy (non-hydrogen) atoms. The van der Waals surface area contributed by atoms with E-state index >= 15 is 0 Å². The van der Waals surface area contributed by atoms with Crippen LogP contribution < -0.4 is 10.6 Å². The van der Waals surface area contributed by atoms with Gasteiger partial charge in [-0.1, -0.05) is 42.5 Å². The molecule has 0 radical (unpaired) electrons. The number of hydrogen-bond acceptors (Lipinski definition) is 5. The third-order valence-corrected chi connectivity index (χ3v) is 7.14. The smallest absolute Gasteiger partial charge is 0.430 e. The standard InChI is InChI=1S/C30H27F7N4O4/c31-23-17-21(7-10-24(23)39-27(44)38-12-11-20-3-1-2-4-25(20)42)26(43)41-15-13-40(14-16-41)18-19-5-8-22(9-6-19)28(45,29(32,33)34)30(35,36)37/h1-12,17,42,45H,13-16,18H2,(H2,38,39,44). The highest BCUT2D eigenvalue weighted by molar-refractivity contribution is 5.96. The third kappa shape index (κ3) is 7.54. The second-order valence-electron chi connectivity index (χ2n) is 10.2. The predicted octanol–water partition coefficient (Wildman–Crippen LogP) is 5.59. The molecule has 0 bridgehead atoms. The van der Waals surface area contributed by atoms with Gasteiger partial charge >= 0.3 is 18.4 Å². The summed E-state index contributed by atoms with van der Waals surface area (Å²) in [6.07, 6.45) is -9.25. The average molecular weight is 641 g/mol. The lowest BCUT2D eigenvalue weighted by atomic mass is 9.91. The first-order chi connectivity index (χ1) is 21.1. The van der Waals surface area contributed by atoms with Gasteiger partial charge in [0.2, 0.25) is 0 Å². The number of aliphatic hydroxyl groups is 1. The molecule has 3 aromatic carbocycles. The molecule has 1 heterocycles. The highest BCUT2D eigenvalue weighted by Crippen LogP contribution is 2.50. The number of nitrogens with zero attached hydrogens (tertiary/aromatic N) is 2. The molecule has 0 atom stereocenters. The Kier molecular flexibility index (Phi) is 9.73. The lowest BCUT2D eigenvalue weighted by Gasteiger charge is -2.35. The summed E-state index contributed by atoms with van der Waals surface area (Å²) in [7, 11) is 0. The van der Waals surface area contributed by atoms with Crippen LogP contribution in [0, 0.1) is 5.82 Å². The monoisotopic (exact) mass is 640 g/mol. The second kappa shape index (κ2) is 13.2. The lowest BCUT2D eigenvalue weighted by molar-refractivity contribution is -0.376. The van der Waals surface area contributed by atoms with E-state index in [4.69, 9.17) is 0 Å². The number of phenolic OH excluding ortho intramolecular Hbond substituents is 1. The summed E-state index contributed by atoms with van der Waals surface area (Å²) in [5, 5.41) is 24.0. The maximum Gasteiger partial charge on any atom is 0.430 e. The molecule has 0 aliphatic carbocycles. The van der Waals surface area contributed by atoms with E-state index in [0.29, 0.717) is 36.3 Å². The van der Waals surface area contributed by atoms with Gasteiger partial charge in [0, 0.05) is 55.6 Å². The van der Waals surface area contributed by atoms with E-state index in [1.54, 1.807) is 18.2 Å². The number of anilines is 1. The Bertz CT molecular complexity index is 1540. The van der Waals surface area contributed by atoms with Gasteiger partial charge in [-0.05, 0) is 35.9 Å². The van der Waals surface area contributed by atoms with Crippen molar-refractivity contribution >= 4 is 23.7 Å². The van der Waals surface area contributed by atoms with Crippen LogP contribution in [0.5, 0.6) is 5.75 Å². The van der Waals surface area contributed by atoms with Crippen LogP contribution in [-0.4, -0.2) is 70.5 Å². The Morgan fingerprint density at radius 2 is 1.49 bits per heavy atom. The zero-order valence-electron chi connectivity index (χ0n) is 23.3. The van der Waals surface area contributed by atoms with Crippen LogP contribution in [0.3, 0.4) is 0 Å². The van der Waals surface area contributed by atoms with Crippen LogP contribution in [0.15, 0.2) is 72.9 Å². The third-order valence-electron chi connectivity index (χ3n) is 7.14. The Morgan fingerprint density at radius 1 is 0.867 bits per heavy atom. The molecule has 0 spiro atoms. The Morgan fingerprint density at radius 3 is 2.07 bits per heavy atom. The molecular weight excluding hydrogens is 613 g/mol. The maximum absolute atomic E-state index is 14.7. The maximum atomic E-state index is 14.7. The van der Waals surface area contributed by atoms with E-state index in [1.807, 2.05) is 4.90 Å². The molecule has 1 aliphatic heterocycles. The fourth-order valence-corrected chi connectivity index (χ4v) is 4.63. The van der Waals surface area contributed by atoms with Crippen molar-refractivity contribution in [1.29, 1.82) is 0 Å². The van der Waals surface area contributed by atoms with E-state index in [1.165, 1.54) is 35.4 Å². The number of urea groups is 1. The molecule has 240 valence electrons. The molecule has 1 fully saturated rings. The highest BCUT2D eigenvalue weighted by atomic mass is 19.4. The molecule has 3 amide bonds. The summed E-state index contributed by atoms with van der Waals surface area (Å²) in [6.45, 7) is 1.23. The summed E-state index contributed by atoms with van der Waals surface area (Å²) in [5.74, 6) is -1.32. The zero-order chi connectivity index (χ0) is 33.0. The van der Waals surface area contributed by atoms with Crippen molar-refractivity contribution in [2.45, 2.75) is 24.5 Å². The van der Waals surface area contributed by atoms with Crippen LogP contribution in [0.1, 0.15) is 27.0 Å². The first-order valence-corrected chi connectivity index (χ1v) is 13.4. The predicted molar refractivity (Wildman–Crippen MR) is 149 cm³/mol. The normalized spacial score (nSPS) is 14.9. The first kappa shape index (κ1) is 33.3. The van der Waals surface area contributed by atoms with Gasteiger partial charge < -0.3 is 25.7 Å². The summed E-state index contributed by atoms with van der Waals surface area (Å²) in [6, 6.07) is 12.5. The fourth-order valence-electron chi connectivity index (χ4n) is 4.63. The van der Waals surface area contributed by atoms with E-state index < -0.39 is 41.3 Å². The summed E-state index contributed by atoms with van der Waals surface area (Å²) >= 11 is 0. The first-order valence-electron chi connectivity index (χ1n) is 13.4. The van der Waals surface area contributed by atoms with Crippen molar-refractivity contribution in [2.75, 3.05) is 31.5 Å². The van der Waals surface area contributed by atoms with Gasteiger partial charge in [0.1, 0.15) is 11.6 Å². The Hall–Kier alpha value is -4.63. The second-order valence-corrected chi connectivity index (χ2v) is 10.2. The summed E-state index contributed by atoms with van der Waals surface area (Å²) in [5.41, 5.74) is -5.65. The quantitative estimate of drug-likeness (QED) is 0.252. The molecule has 3 aromatic rings. The largest absolute Gasteiger partial charge is 0.507 e. The topological polar surface area (TPSA) is 105 Å². The molecular formula is C30H27F7N4O4. The van der Waals surface area contributed by atoms with Crippen molar-refractivity contribution < 1.29 is 50.5 Å². The number of halogens is 7. The number of para-hydroxylation sites is 1. The van der Waals surface area contributed by atoms with Gasteiger partial charge in [0.05, 0.1) is 5.69 Å². The molecule has 0 unspecified atom stereocenters. The van der Waals surface area contributed by atoms with Gasteiger partial charge in [-0.25, -0.2) is 9.18 Å². The van der Waals surface area contributed by atoms with Crippen molar-refractivity contribution in [3.63, 3.8) is 0 Å². The van der Waals surface area contributed by atoms with Crippen molar-refractivity contribution in [1.82, 2.24) is 15.1 Å². The average Bonchev–Trinajstić information content (AvgIpc) is 2.98. The number of nitrogens with one attached hydrogen (secondary N) is 2. The number of phenols is 1. The minimum atomic E-state index is -5.98. The SMILES string of the molecule is O=C(NC=Cc1ccccc1O)Nc1ccc(C(=O)N2CCN(Cc3ccc(C(O)(C(F)(F)F)C(F)(F)F)cc3)CC2)cc1F. The molecule has 4 rings (SSSR count). The highest BCUT2D eigenvalue weighted by Gasteiger charge is 2.71. The van der Waals surface area contributed by atoms with E-state index in [2.05, 4.69) is 10.6 Å². The van der Waals surface area contributed by atoms with Crippen molar-refractivity contribution in [3.05, 3.63) is 101 Å². The van der Waals surface area contributed by atoms with E-state index in [9.17, 15) is 50.5 Å². The lowest BCUT2D eigenvalue weighted by Crippen LogP contribution is -2.53. The van der Waals surface area contributed by atoms with Crippen LogP contribution in [0.2, 0.25) is 0 Å². The Balaban J connectivity index is 1.29. The van der Waals surface area contributed by atoms with Gasteiger partial charge in [0.25, 0.3) is 11.5 Å². The van der Waals surface area contributed by atoms with Crippen molar-refractivity contribution in [2.24, 2.45) is 0 Å². The molecule has 4 N–H and O–H groups in total. The number of amides is 3. The molecule has 15 heteroatoms. The number of carbonyl (C=O) groups is 2. The summed E-state index contributed by atoms with van der Waals surface area (Å²) < 4.78 is 93.4. The van der Waals surface area contributed by atoms with E-state index in [0.717, 1.165) is 18.2 Å². The van der Waals surface area contributed by atoms with Gasteiger partial charge in [-0.15, -0.1) is 0 Å². The molecule has 0 saturated carbocycles. The van der Waals surface area contributed by atoms with Gasteiger partial charge in [-0.3, -0.25) is 9.69 Å². The van der Waals surface area contributed by atoms with Crippen LogP contribution in [-0.2, 0) is 12.1 Å². The molecule has 0 aromatic heterocycles. The molecule has 1 aliphatic rings. The fraction of sp³-hybridized carbons (Fsp3) is 0.267. The van der Waals surface area contributed by atoms with Crippen LogP contribution >= 0.6 is 0 Å². The summed E-state index contributed by atoms with van der Waals surface area (Å²) in [4.78, 5) is 28.4. The number of benzene rings is 3. The number of carbonyl (C=O) groups excluding carboxylic acids is 2. The number of rotatable bonds is 7. The number of alkyl halides is 6. The minimum absolute atomic E-state index is 0.00761. The zero-order valence-corrected chi connectivity index (χ0v) is 23.3. The Labute approximate surface area is 252 Å². The van der Waals surface area contributed by atoms with E-state index in [-0.39, 0.29) is 36.6 Å². The number of piperazine rings is 1. The molecule has 1 saturated heterocycles. The molecule has 8 nitrogen and oxygen atoms in total. The van der Waals surface area contributed by atoms with Crippen molar-refractivity contribution in [3.8, 4) is 5.75 Å². The van der Waals surface area contributed by atoms with Gasteiger partial charge in [-0.2, -0.15) is 26.3 Å². The van der Waals surface area contributed by atoms with Crippen LogP contribution in [0.25, 0.3) is 6.08 Å². The van der Waals surface area contributed by atoms with Crippen LogP contribution in [0.4, 0.5) is 41.2 Å². The minimum Gasteiger partial charge on any atom is -0.507 e. The van der Waals surface area contributed by atoms with Gasteiger partial charge in [0.15, 0.2) is 0 Å².